The second-order valence-corrected chi connectivity index (χ2v) is 5.05. The smallest absolute Gasteiger partial charge is 0.160 e. The fourth-order valence-corrected chi connectivity index (χ4v) is 2.77. The van der Waals surface area contributed by atoms with Crippen molar-refractivity contribution in [3.63, 3.8) is 0 Å². The highest BCUT2D eigenvalue weighted by Gasteiger charge is 2.04. The monoisotopic (exact) mass is 244 g/mol. The predicted molar refractivity (Wildman–Crippen MR) is 79.3 cm³/mol. The largest absolute Gasteiger partial charge is 0.294 e. The van der Waals surface area contributed by atoms with Crippen molar-refractivity contribution in [3.8, 4) is 0 Å². The molecule has 1 aliphatic carbocycles. The maximum absolute atomic E-state index is 11.5. The first-order valence-electron chi connectivity index (χ1n) is 6.47. The Morgan fingerprint density at radius 1 is 0.737 bits per heavy atom. The minimum atomic E-state index is 0.188. The van der Waals surface area contributed by atoms with Gasteiger partial charge in [-0.25, -0.2) is 0 Å². The number of benzene rings is 3. The molecule has 19 heavy (non-hydrogen) atoms. The molecule has 0 saturated carbocycles. The van der Waals surface area contributed by atoms with Gasteiger partial charge < -0.3 is 0 Å². The molecule has 0 saturated heterocycles. The van der Waals surface area contributed by atoms with Crippen LogP contribution in [0.2, 0.25) is 0 Å². The van der Waals surface area contributed by atoms with Crippen molar-refractivity contribution in [2.75, 3.05) is 0 Å². The molecular weight excluding hydrogens is 232 g/mol. The number of carbonyl (C=O) groups is 1. The van der Waals surface area contributed by atoms with E-state index in [4.69, 9.17) is 0 Å². The zero-order valence-corrected chi connectivity index (χ0v) is 10.4. The normalized spacial score (nSPS) is 14.0. The SMILES string of the molecule is O=C1C=c2cc3cc4ccccc4cc3cc2=CC1. The molecule has 0 amide bonds. The molecule has 3 aromatic carbocycles. The molecule has 1 heteroatoms. The van der Waals surface area contributed by atoms with E-state index in [-0.39, 0.29) is 5.78 Å². The highest BCUT2D eigenvalue weighted by molar-refractivity contribution is 6.10. The number of hydrogen-bond donors (Lipinski definition) is 0. The van der Waals surface area contributed by atoms with Crippen LogP contribution in [0.5, 0.6) is 0 Å². The lowest BCUT2D eigenvalue weighted by Crippen LogP contribution is -2.28. The summed E-state index contributed by atoms with van der Waals surface area (Å²) in [5, 5.41) is 7.13. The van der Waals surface area contributed by atoms with Crippen molar-refractivity contribution >= 4 is 39.5 Å². The molecule has 1 aliphatic rings. The lowest BCUT2D eigenvalue weighted by molar-refractivity contribution is -0.112. The third kappa shape index (κ3) is 1.66. The maximum Gasteiger partial charge on any atom is 0.160 e. The quantitative estimate of drug-likeness (QED) is 0.555. The van der Waals surface area contributed by atoms with Crippen molar-refractivity contribution < 1.29 is 4.79 Å². The summed E-state index contributed by atoms with van der Waals surface area (Å²) >= 11 is 0. The Morgan fingerprint density at radius 3 is 2.05 bits per heavy atom. The van der Waals surface area contributed by atoms with Gasteiger partial charge in [-0.3, -0.25) is 4.79 Å². The minimum Gasteiger partial charge on any atom is -0.294 e. The molecule has 0 fully saturated rings. The van der Waals surface area contributed by atoms with Crippen LogP contribution in [0.4, 0.5) is 0 Å². The summed E-state index contributed by atoms with van der Waals surface area (Å²) in [5.74, 6) is 0.188. The van der Waals surface area contributed by atoms with E-state index in [1.165, 1.54) is 26.8 Å². The van der Waals surface area contributed by atoms with Gasteiger partial charge in [0, 0.05) is 6.42 Å². The van der Waals surface area contributed by atoms with E-state index in [1.54, 1.807) is 6.08 Å². The maximum atomic E-state index is 11.5. The Labute approximate surface area is 110 Å². The molecule has 0 radical (unpaired) electrons. The standard InChI is InChI=1S/C18H12O/c19-18-6-5-14-9-15-7-12-3-1-2-4-13(12)8-16(15)10-17(14)11-18/h1-5,7-11H,6H2. The van der Waals surface area contributed by atoms with Crippen molar-refractivity contribution in [2.24, 2.45) is 0 Å². The number of fused-ring (bicyclic) bond motifs is 3. The van der Waals surface area contributed by atoms with Crippen LogP contribution in [-0.4, -0.2) is 5.78 Å². The molecule has 90 valence electrons. The Bertz CT molecular complexity index is 948. The van der Waals surface area contributed by atoms with Gasteiger partial charge in [0.2, 0.25) is 0 Å². The first-order valence-corrected chi connectivity index (χ1v) is 6.47. The van der Waals surface area contributed by atoms with Crippen LogP contribution in [0, 0.1) is 0 Å². The molecule has 0 bridgehead atoms. The van der Waals surface area contributed by atoms with Gasteiger partial charge in [0.25, 0.3) is 0 Å². The van der Waals surface area contributed by atoms with Gasteiger partial charge in [-0.05, 0) is 62.3 Å². The summed E-state index contributed by atoms with van der Waals surface area (Å²) in [7, 11) is 0. The third-order valence-electron chi connectivity index (χ3n) is 3.75. The molecule has 0 atom stereocenters. The van der Waals surface area contributed by atoms with Gasteiger partial charge in [-0.15, -0.1) is 0 Å². The van der Waals surface area contributed by atoms with Crippen LogP contribution in [0.25, 0.3) is 33.7 Å². The van der Waals surface area contributed by atoms with E-state index >= 15 is 0 Å². The van der Waals surface area contributed by atoms with Gasteiger partial charge in [0.15, 0.2) is 5.78 Å². The summed E-state index contributed by atoms with van der Waals surface area (Å²) in [6.07, 6.45) is 4.29. The van der Waals surface area contributed by atoms with Crippen molar-refractivity contribution in [1.82, 2.24) is 0 Å². The van der Waals surface area contributed by atoms with E-state index in [1.807, 2.05) is 6.08 Å². The van der Waals surface area contributed by atoms with E-state index in [2.05, 4.69) is 48.5 Å². The molecule has 0 aliphatic heterocycles. The highest BCUT2D eigenvalue weighted by Crippen LogP contribution is 2.20. The number of hydrogen-bond acceptors (Lipinski definition) is 1. The molecule has 4 rings (SSSR count). The van der Waals surface area contributed by atoms with Crippen molar-refractivity contribution in [2.45, 2.75) is 6.42 Å². The molecule has 0 aromatic heterocycles. The molecule has 3 aromatic rings. The molecular formula is C18H12O. The second kappa shape index (κ2) is 3.79. The van der Waals surface area contributed by atoms with E-state index in [9.17, 15) is 4.79 Å². The first-order chi connectivity index (χ1) is 9.29. The average molecular weight is 244 g/mol. The van der Waals surface area contributed by atoms with Crippen molar-refractivity contribution in [3.05, 3.63) is 59.0 Å². The predicted octanol–water partition coefficient (Wildman–Crippen LogP) is 2.53. The van der Waals surface area contributed by atoms with Gasteiger partial charge >= 0.3 is 0 Å². The van der Waals surface area contributed by atoms with Crippen LogP contribution >= 0.6 is 0 Å². The average Bonchev–Trinajstić information content (AvgIpc) is 2.43. The van der Waals surface area contributed by atoms with E-state index in [0.29, 0.717) is 6.42 Å². The minimum absolute atomic E-state index is 0.188. The fraction of sp³-hybridized carbons (Fsp3) is 0.0556. The topological polar surface area (TPSA) is 17.1 Å². The van der Waals surface area contributed by atoms with Gasteiger partial charge in [-0.2, -0.15) is 0 Å². The van der Waals surface area contributed by atoms with Crippen LogP contribution in [0.1, 0.15) is 6.42 Å². The fourth-order valence-electron chi connectivity index (χ4n) is 2.77. The summed E-state index contributed by atoms with van der Waals surface area (Å²) in [6, 6.07) is 17.1. The van der Waals surface area contributed by atoms with Crippen LogP contribution < -0.4 is 10.4 Å². The molecule has 0 heterocycles. The van der Waals surface area contributed by atoms with E-state index < -0.39 is 0 Å². The first kappa shape index (κ1) is 10.5. The van der Waals surface area contributed by atoms with Crippen LogP contribution in [-0.2, 0) is 4.79 Å². The Morgan fingerprint density at radius 2 is 1.37 bits per heavy atom. The van der Waals surface area contributed by atoms with Crippen LogP contribution in [0.15, 0.2) is 48.5 Å². The number of Topliss-reactive ketones (excluding diaryl/α,β-unsaturated/α-hetero) is 1. The number of rotatable bonds is 0. The zero-order valence-electron chi connectivity index (χ0n) is 10.4. The number of ketones is 1. The lowest BCUT2D eigenvalue weighted by atomic mass is 9.99. The van der Waals surface area contributed by atoms with E-state index in [0.717, 1.165) is 5.22 Å². The molecule has 0 N–H and O–H groups in total. The third-order valence-corrected chi connectivity index (χ3v) is 3.75. The number of carbonyl (C=O) groups excluding carboxylic acids is 1. The Hall–Kier alpha value is -2.41. The van der Waals surface area contributed by atoms with Gasteiger partial charge in [0.05, 0.1) is 0 Å². The molecule has 1 nitrogen and oxygen atoms in total. The zero-order chi connectivity index (χ0) is 12.8. The highest BCUT2D eigenvalue weighted by atomic mass is 16.1. The summed E-state index contributed by atoms with van der Waals surface area (Å²) < 4.78 is 0. The summed E-state index contributed by atoms with van der Waals surface area (Å²) in [4.78, 5) is 11.5. The Balaban J connectivity index is 2.17. The van der Waals surface area contributed by atoms with Crippen molar-refractivity contribution in [1.29, 1.82) is 0 Å². The molecule has 0 spiro atoms. The lowest BCUT2D eigenvalue weighted by Gasteiger charge is -2.05. The summed E-state index contributed by atoms with van der Waals surface area (Å²) in [6.45, 7) is 0. The molecule has 0 unspecified atom stereocenters. The Kier molecular flexibility index (Phi) is 2.10. The van der Waals surface area contributed by atoms with Crippen LogP contribution in [0.3, 0.4) is 0 Å². The van der Waals surface area contributed by atoms with Gasteiger partial charge in [0.1, 0.15) is 0 Å². The second-order valence-electron chi connectivity index (χ2n) is 5.05. The van der Waals surface area contributed by atoms with Gasteiger partial charge in [-0.1, -0.05) is 30.3 Å². The summed E-state index contributed by atoms with van der Waals surface area (Å²) in [5.41, 5.74) is 0.